The predicted octanol–water partition coefficient (Wildman–Crippen LogP) is 1.92. The summed E-state index contributed by atoms with van der Waals surface area (Å²) in [7, 11) is 3.01. The number of hydrogen-bond acceptors (Lipinski definition) is 6. The Morgan fingerprint density at radius 2 is 1.67 bits per heavy atom. The maximum Gasteiger partial charge on any atom is 0.321 e. The first-order valence-electron chi connectivity index (χ1n) is 9.52. The standard InChI is InChI=1S/C22H22N2O6/c1-11-4-6-12(7-5-11)24-20(25)16-17(21(24)26)19(22(27)28)23-18(16)14-9-8-13(29-2)10-15(14)30-3/h4-10,16-19,23H,1-3H3,(H,27,28). The lowest BCUT2D eigenvalue weighted by Gasteiger charge is -2.23. The molecule has 4 atom stereocenters. The zero-order valence-corrected chi connectivity index (χ0v) is 16.8. The number of carboxylic acid groups (broad SMARTS) is 1. The molecule has 0 saturated carbocycles. The number of ether oxygens (including phenoxy) is 2. The first-order valence-corrected chi connectivity index (χ1v) is 9.52. The van der Waals surface area contributed by atoms with Gasteiger partial charge < -0.3 is 14.6 Å². The number of aryl methyl sites for hydroxylation is 1. The molecule has 156 valence electrons. The third-order valence-electron chi connectivity index (χ3n) is 5.81. The Kier molecular flexibility index (Phi) is 4.95. The van der Waals surface area contributed by atoms with E-state index in [1.807, 2.05) is 6.92 Å². The molecule has 0 spiro atoms. The number of anilines is 1. The van der Waals surface area contributed by atoms with Gasteiger partial charge in [-0.05, 0) is 25.1 Å². The normalized spacial score (nSPS) is 25.4. The summed E-state index contributed by atoms with van der Waals surface area (Å²) in [6.45, 7) is 1.91. The zero-order valence-electron chi connectivity index (χ0n) is 16.8. The smallest absolute Gasteiger partial charge is 0.321 e. The van der Waals surface area contributed by atoms with Crippen LogP contribution in [0, 0.1) is 18.8 Å². The number of imide groups is 1. The first kappa shape index (κ1) is 19.9. The van der Waals surface area contributed by atoms with Gasteiger partial charge in [-0.15, -0.1) is 0 Å². The summed E-state index contributed by atoms with van der Waals surface area (Å²) >= 11 is 0. The van der Waals surface area contributed by atoms with Crippen molar-refractivity contribution < 1.29 is 29.0 Å². The molecule has 8 heteroatoms. The van der Waals surface area contributed by atoms with Gasteiger partial charge in [-0.2, -0.15) is 0 Å². The quantitative estimate of drug-likeness (QED) is 0.726. The molecule has 0 aliphatic carbocycles. The van der Waals surface area contributed by atoms with Gasteiger partial charge >= 0.3 is 5.97 Å². The van der Waals surface area contributed by atoms with Crippen molar-refractivity contribution in [3.05, 3.63) is 53.6 Å². The summed E-state index contributed by atoms with van der Waals surface area (Å²) < 4.78 is 10.7. The van der Waals surface area contributed by atoms with Gasteiger partial charge in [0.1, 0.15) is 17.5 Å². The number of carboxylic acids is 1. The summed E-state index contributed by atoms with van der Waals surface area (Å²) in [5.74, 6) is -2.96. The van der Waals surface area contributed by atoms with Crippen LogP contribution in [0.1, 0.15) is 17.2 Å². The minimum atomic E-state index is -1.18. The molecule has 2 fully saturated rings. The van der Waals surface area contributed by atoms with Gasteiger partial charge in [0, 0.05) is 17.7 Å². The SMILES string of the molecule is COc1ccc(C2NC(C(=O)O)C3C(=O)N(c4ccc(C)cc4)C(=O)C23)c(OC)c1. The average Bonchev–Trinajstić information content (AvgIpc) is 3.25. The van der Waals surface area contributed by atoms with Crippen molar-refractivity contribution in [1.29, 1.82) is 0 Å². The fourth-order valence-electron chi connectivity index (χ4n) is 4.35. The molecule has 2 heterocycles. The van der Waals surface area contributed by atoms with Crippen LogP contribution in [0.4, 0.5) is 5.69 Å². The number of fused-ring (bicyclic) bond motifs is 1. The number of carbonyl (C=O) groups is 3. The van der Waals surface area contributed by atoms with Crippen LogP contribution in [0.15, 0.2) is 42.5 Å². The molecule has 2 N–H and O–H groups in total. The van der Waals surface area contributed by atoms with Gasteiger partial charge in [0.05, 0.1) is 31.7 Å². The number of rotatable bonds is 5. The number of nitrogens with zero attached hydrogens (tertiary/aromatic N) is 1. The fourth-order valence-corrected chi connectivity index (χ4v) is 4.35. The molecule has 2 saturated heterocycles. The molecule has 2 aliphatic rings. The number of aliphatic carboxylic acids is 1. The fraction of sp³-hybridized carbons (Fsp3) is 0.318. The van der Waals surface area contributed by atoms with Crippen LogP contribution in [0.3, 0.4) is 0 Å². The molecular formula is C22H22N2O6. The second kappa shape index (κ2) is 7.46. The summed E-state index contributed by atoms with van der Waals surface area (Å²) in [6, 6.07) is 10.2. The van der Waals surface area contributed by atoms with Gasteiger partial charge in [0.2, 0.25) is 11.8 Å². The van der Waals surface area contributed by atoms with Crippen LogP contribution in [0.2, 0.25) is 0 Å². The molecule has 4 unspecified atom stereocenters. The third-order valence-corrected chi connectivity index (χ3v) is 5.81. The second-order valence-electron chi connectivity index (χ2n) is 7.47. The summed E-state index contributed by atoms with van der Waals surface area (Å²) in [5.41, 5.74) is 2.03. The maximum absolute atomic E-state index is 13.4. The minimum Gasteiger partial charge on any atom is -0.497 e. The van der Waals surface area contributed by atoms with Crippen molar-refractivity contribution in [1.82, 2.24) is 5.32 Å². The van der Waals surface area contributed by atoms with Crippen LogP contribution >= 0.6 is 0 Å². The van der Waals surface area contributed by atoms with E-state index < -0.39 is 41.7 Å². The van der Waals surface area contributed by atoms with Crippen molar-refractivity contribution in [3.63, 3.8) is 0 Å². The summed E-state index contributed by atoms with van der Waals surface area (Å²) in [6.07, 6.45) is 0. The molecule has 0 radical (unpaired) electrons. The van der Waals surface area contributed by atoms with Gasteiger partial charge in [-0.25, -0.2) is 4.90 Å². The molecular weight excluding hydrogens is 388 g/mol. The molecule has 0 bridgehead atoms. The summed E-state index contributed by atoms with van der Waals surface area (Å²) in [5, 5.41) is 12.7. The van der Waals surface area contributed by atoms with E-state index in [9.17, 15) is 19.5 Å². The van der Waals surface area contributed by atoms with E-state index in [1.54, 1.807) is 42.5 Å². The van der Waals surface area contributed by atoms with Crippen LogP contribution < -0.4 is 19.7 Å². The highest BCUT2D eigenvalue weighted by Gasteiger charge is 2.61. The van der Waals surface area contributed by atoms with Crippen molar-refractivity contribution in [2.24, 2.45) is 11.8 Å². The largest absolute Gasteiger partial charge is 0.497 e. The topological polar surface area (TPSA) is 105 Å². The van der Waals surface area contributed by atoms with Gasteiger partial charge in [0.25, 0.3) is 0 Å². The van der Waals surface area contributed by atoms with E-state index in [2.05, 4.69) is 5.32 Å². The molecule has 4 rings (SSSR count). The summed E-state index contributed by atoms with van der Waals surface area (Å²) in [4.78, 5) is 39.6. The number of hydrogen-bond donors (Lipinski definition) is 2. The Bertz CT molecular complexity index is 1020. The highest BCUT2D eigenvalue weighted by Crippen LogP contribution is 2.47. The van der Waals surface area contributed by atoms with Crippen molar-refractivity contribution >= 4 is 23.5 Å². The van der Waals surface area contributed by atoms with Crippen molar-refractivity contribution in [3.8, 4) is 11.5 Å². The van der Waals surface area contributed by atoms with Crippen LogP contribution in [-0.4, -0.2) is 43.2 Å². The van der Waals surface area contributed by atoms with E-state index in [0.717, 1.165) is 10.5 Å². The Labute approximate surface area is 173 Å². The van der Waals surface area contributed by atoms with Gasteiger partial charge in [0.15, 0.2) is 0 Å². The number of benzene rings is 2. The molecule has 8 nitrogen and oxygen atoms in total. The molecule has 30 heavy (non-hydrogen) atoms. The number of carbonyl (C=O) groups excluding carboxylic acids is 2. The molecule has 2 amide bonds. The van der Waals surface area contributed by atoms with Crippen LogP contribution in [0.25, 0.3) is 0 Å². The van der Waals surface area contributed by atoms with Crippen molar-refractivity contribution in [2.75, 3.05) is 19.1 Å². The average molecular weight is 410 g/mol. The monoisotopic (exact) mass is 410 g/mol. The number of amides is 2. The van der Waals surface area contributed by atoms with Crippen LogP contribution in [0.5, 0.6) is 11.5 Å². The second-order valence-corrected chi connectivity index (χ2v) is 7.47. The molecule has 2 aromatic carbocycles. The van der Waals surface area contributed by atoms with E-state index in [0.29, 0.717) is 22.7 Å². The molecule has 2 aliphatic heterocycles. The minimum absolute atomic E-state index is 0.423. The molecule has 2 aromatic rings. The highest BCUT2D eigenvalue weighted by molar-refractivity contribution is 6.23. The van der Waals surface area contributed by atoms with E-state index in [4.69, 9.17) is 9.47 Å². The van der Waals surface area contributed by atoms with Crippen LogP contribution in [-0.2, 0) is 14.4 Å². The van der Waals surface area contributed by atoms with E-state index in [1.165, 1.54) is 14.2 Å². The van der Waals surface area contributed by atoms with Crippen molar-refractivity contribution in [2.45, 2.75) is 19.0 Å². The number of nitrogens with one attached hydrogen (secondary N) is 1. The molecule has 0 aromatic heterocycles. The lowest BCUT2D eigenvalue weighted by Crippen LogP contribution is -2.43. The first-order chi connectivity index (χ1) is 14.4. The zero-order chi connectivity index (χ0) is 21.6. The lowest BCUT2D eigenvalue weighted by atomic mass is 9.86. The van der Waals surface area contributed by atoms with Gasteiger partial charge in [-0.3, -0.25) is 19.7 Å². The predicted molar refractivity (Wildman–Crippen MR) is 107 cm³/mol. The van der Waals surface area contributed by atoms with Gasteiger partial charge in [-0.1, -0.05) is 23.8 Å². The number of methoxy groups -OCH3 is 2. The van der Waals surface area contributed by atoms with E-state index >= 15 is 0 Å². The Morgan fingerprint density at radius 1 is 1.00 bits per heavy atom. The third kappa shape index (κ3) is 3.00. The van der Waals surface area contributed by atoms with E-state index in [-0.39, 0.29) is 0 Å². The Balaban J connectivity index is 1.79. The maximum atomic E-state index is 13.4. The Hall–Kier alpha value is -3.39. The highest BCUT2D eigenvalue weighted by atomic mass is 16.5. The lowest BCUT2D eigenvalue weighted by molar-refractivity contribution is -0.142. The Morgan fingerprint density at radius 3 is 2.27 bits per heavy atom.